The van der Waals surface area contributed by atoms with Gasteiger partial charge in [0, 0.05) is 6.42 Å². The van der Waals surface area contributed by atoms with Gasteiger partial charge in [0.25, 0.3) is 0 Å². The molecule has 0 aromatic rings. The van der Waals surface area contributed by atoms with Crippen LogP contribution < -0.4 is 0 Å². The van der Waals surface area contributed by atoms with Crippen LogP contribution in [0.4, 0.5) is 0 Å². The summed E-state index contributed by atoms with van der Waals surface area (Å²) in [6.45, 7) is 9.67. The highest BCUT2D eigenvalue weighted by molar-refractivity contribution is 5.66. The molecule has 0 aliphatic heterocycles. The lowest BCUT2D eigenvalue weighted by molar-refractivity contribution is -0.137. The van der Waals surface area contributed by atoms with E-state index in [-0.39, 0.29) is 17.5 Å². The third-order valence-corrected chi connectivity index (χ3v) is 1.57. The van der Waals surface area contributed by atoms with Crippen molar-refractivity contribution < 1.29 is 9.90 Å². The van der Waals surface area contributed by atoms with Crippen LogP contribution in [0.5, 0.6) is 0 Å². The van der Waals surface area contributed by atoms with Crippen molar-refractivity contribution >= 4 is 5.97 Å². The number of rotatable bonds is 4. The van der Waals surface area contributed by atoms with Gasteiger partial charge >= 0.3 is 5.97 Å². The molecule has 1 N–H and O–H groups in total. The molecule has 0 rings (SSSR count). The van der Waals surface area contributed by atoms with Crippen LogP contribution in [0.15, 0.2) is 10.2 Å². The second-order valence-corrected chi connectivity index (χ2v) is 5.08. The predicted octanol–water partition coefficient (Wildman–Crippen LogP) is 2.88. The molecule has 14 heavy (non-hydrogen) atoms. The number of carbonyl (C=O) groups is 1. The first-order valence-electron chi connectivity index (χ1n) is 4.78. The molecule has 0 aromatic heterocycles. The van der Waals surface area contributed by atoms with Gasteiger partial charge in [-0.25, -0.2) is 0 Å². The van der Waals surface area contributed by atoms with Gasteiger partial charge in [-0.15, -0.1) is 0 Å². The van der Waals surface area contributed by atoms with Crippen molar-refractivity contribution in [2.45, 2.75) is 58.5 Å². The van der Waals surface area contributed by atoms with E-state index in [0.29, 0.717) is 6.42 Å². The minimum absolute atomic E-state index is 0.135. The van der Waals surface area contributed by atoms with E-state index in [9.17, 15) is 4.79 Å². The molecular weight excluding hydrogens is 180 g/mol. The Kier molecular flexibility index (Phi) is 4.23. The fourth-order valence-electron chi connectivity index (χ4n) is 0.748. The molecule has 0 amide bonds. The van der Waals surface area contributed by atoms with Crippen molar-refractivity contribution in [3.8, 4) is 0 Å². The molecule has 0 unspecified atom stereocenters. The van der Waals surface area contributed by atoms with Crippen LogP contribution in [0.25, 0.3) is 0 Å². The van der Waals surface area contributed by atoms with E-state index in [0.717, 1.165) is 0 Å². The van der Waals surface area contributed by atoms with E-state index in [1.54, 1.807) is 0 Å². The molecule has 0 spiro atoms. The molecule has 0 heterocycles. The molecule has 4 nitrogen and oxygen atoms in total. The van der Waals surface area contributed by atoms with Crippen LogP contribution in [0.1, 0.15) is 47.5 Å². The van der Waals surface area contributed by atoms with Crippen LogP contribution in [0.3, 0.4) is 0 Å². The smallest absolute Gasteiger partial charge is 0.303 e. The lowest BCUT2D eigenvalue weighted by atomic mass is 10.00. The Morgan fingerprint density at radius 2 is 1.64 bits per heavy atom. The summed E-state index contributed by atoms with van der Waals surface area (Å²) in [4.78, 5) is 10.4. The standard InChI is InChI=1S/C10H20N2O2/c1-9(2,3)11-12-10(4,5)7-6-8(13)14/h6-7H2,1-5H3,(H,13,14). The first kappa shape index (κ1) is 13.1. The summed E-state index contributed by atoms with van der Waals surface area (Å²) in [5, 5.41) is 16.8. The SMILES string of the molecule is CC(C)(C)N=NC(C)(C)CCC(=O)O. The van der Waals surface area contributed by atoms with E-state index >= 15 is 0 Å². The lowest BCUT2D eigenvalue weighted by Crippen LogP contribution is -2.20. The van der Waals surface area contributed by atoms with Crippen LogP contribution >= 0.6 is 0 Å². The van der Waals surface area contributed by atoms with Crippen molar-refractivity contribution in [2.75, 3.05) is 0 Å². The summed E-state index contributed by atoms with van der Waals surface area (Å²) >= 11 is 0. The summed E-state index contributed by atoms with van der Waals surface area (Å²) in [6, 6.07) is 0. The van der Waals surface area contributed by atoms with Crippen LogP contribution in [0.2, 0.25) is 0 Å². The average molecular weight is 200 g/mol. The third-order valence-electron chi connectivity index (χ3n) is 1.57. The number of aliphatic carboxylic acids is 1. The number of carboxylic acid groups (broad SMARTS) is 1. The summed E-state index contributed by atoms with van der Waals surface area (Å²) in [7, 11) is 0. The second kappa shape index (κ2) is 4.53. The molecule has 0 saturated carbocycles. The summed E-state index contributed by atoms with van der Waals surface area (Å²) in [5.74, 6) is -0.788. The molecule has 0 aliphatic rings. The van der Waals surface area contributed by atoms with Gasteiger partial charge in [-0.05, 0) is 41.0 Å². The van der Waals surface area contributed by atoms with Gasteiger partial charge in [0.05, 0.1) is 11.1 Å². The van der Waals surface area contributed by atoms with E-state index in [1.807, 2.05) is 34.6 Å². The molecule has 0 saturated heterocycles. The molecule has 82 valence electrons. The largest absolute Gasteiger partial charge is 0.481 e. The predicted molar refractivity (Wildman–Crippen MR) is 55.6 cm³/mol. The Hall–Kier alpha value is -0.930. The van der Waals surface area contributed by atoms with Gasteiger partial charge in [0.1, 0.15) is 0 Å². The average Bonchev–Trinajstić information content (AvgIpc) is 1.97. The Balaban J connectivity index is 4.20. The van der Waals surface area contributed by atoms with Gasteiger partial charge < -0.3 is 5.11 Å². The monoisotopic (exact) mass is 200 g/mol. The first-order chi connectivity index (χ1) is 6.12. The highest BCUT2D eigenvalue weighted by Gasteiger charge is 2.19. The number of azo groups is 1. The third kappa shape index (κ3) is 7.71. The molecule has 4 heteroatoms. The zero-order chi connectivity index (χ0) is 11.4. The van der Waals surface area contributed by atoms with Gasteiger partial charge in [-0.3, -0.25) is 4.79 Å². The minimum atomic E-state index is -0.788. The number of hydrogen-bond acceptors (Lipinski definition) is 3. The topological polar surface area (TPSA) is 62.0 Å². The van der Waals surface area contributed by atoms with Gasteiger partial charge in [0.2, 0.25) is 0 Å². The van der Waals surface area contributed by atoms with Crippen molar-refractivity contribution in [3.63, 3.8) is 0 Å². The number of hydrogen-bond donors (Lipinski definition) is 1. The molecule has 0 atom stereocenters. The van der Waals surface area contributed by atoms with E-state index in [2.05, 4.69) is 10.2 Å². The Labute approximate surface area is 85.4 Å². The fraction of sp³-hybridized carbons (Fsp3) is 0.900. The maximum absolute atomic E-state index is 10.4. The Morgan fingerprint density at radius 1 is 1.14 bits per heavy atom. The van der Waals surface area contributed by atoms with Crippen molar-refractivity contribution in [1.82, 2.24) is 0 Å². The Bertz CT molecular complexity index is 227. The quantitative estimate of drug-likeness (QED) is 0.709. The molecule has 0 radical (unpaired) electrons. The zero-order valence-electron chi connectivity index (χ0n) is 9.66. The van der Waals surface area contributed by atoms with E-state index in [4.69, 9.17) is 5.11 Å². The Morgan fingerprint density at radius 3 is 2.00 bits per heavy atom. The summed E-state index contributed by atoms with van der Waals surface area (Å²) < 4.78 is 0. The molecule has 0 aromatic carbocycles. The van der Waals surface area contributed by atoms with Crippen molar-refractivity contribution in [3.05, 3.63) is 0 Å². The molecule has 0 fully saturated rings. The van der Waals surface area contributed by atoms with Crippen LogP contribution in [0, 0.1) is 0 Å². The normalized spacial score (nSPS) is 13.5. The highest BCUT2D eigenvalue weighted by Crippen LogP contribution is 2.19. The molecule has 0 bridgehead atoms. The summed E-state index contributed by atoms with van der Waals surface area (Å²) in [6.07, 6.45) is 0.651. The first-order valence-corrected chi connectivity index (χ1v) is 4.78. The number of nitrogens with zero attached hydrogens (tertiary/aromatic N) is 2. The second-order valence-electron chi connectivity index (χ2n) is 5.08. The fourth-order valence-corrected chi connectivity index (χ4v) is 0.748. The molecular formula is C10H20N2O2. The maximum atomic E-state index is 10.4. The summed E-state index contributed by atoms with van der Waals surface area (Å²) in [5.41, 5.74) is -0.577. The van der Waals surface area contributed by atoms with Crippen molar-refractivity contribution in [2.24, 2.45) is 10.2 Å². The highest BCUT2D eigenvalue weighted by atomic mass is 16.4. The zero-order valence-corrected chi connectivity index (χ0v) is 9.66. The van der Waals surface area contributed by atoms with Crippen molar-refractivity contribution in [1.29, 1.82) is 0 Å². The van der Waals surface area contributed by atoms with Crippen LogP contribution in [-0.4, -0.2) is 22.2 Å². The van der Waals surface area contributed by atoms with Gasteiger partial charge in [0.15, 0.2) is 0 Å². The minimum Gasteiger partial charge on any atom is -0.481 e. The van der Waals surface area contributed by atoms with Gasteiger partial charge in [-0.1, -0.05) is 0 Å². The van der Waals surface area contributed by atoms with E-state index in [1.165, 1.54) is 0 Å². The van der Waals surface area contributed by atoms with Gasteiger partial charge in [-0.2, -0.15) is 10.2 Å². The van der Waals surface area contributed by atoms with Crippen LogP contribution in [-0.2, 0) is 4.79 Å². The van der Waals surface area contributed by atoms with E-state index < -0.39 is 5.97 Å². The molecule has 0 aliphatic carbocycles. The number of carboxylic acids is 1. The lowest BCUT2D eigenvalue weighted by Gasteiger charge is -2.19. The maximum Gasteiger partial charge on any atom is 0.303 e.